The van der Waals surface area contributed by atoms with E-state index >= 15 is 0 Å². The molecule has 1 aliphatic rings. The first kappa shape index (κ1) is 15.0. The van der Waals surface area contributed by atoms with Gasteiger partial charge >= 0.3 is 0 Å². The highest BCUT2D eigenvalue weighted by atomic mass is 35.5. The van der Waals surface area contributed by atoms with Crippen molar-refractivity contribution in [3.8, 4) is 0 Å². The van der Waals surface area contributed by atoms with Crippen molar-refractivity contribution >= 4 is 22.9 Å². The summed E-state index contributed by atoms with van der Waals surface area (Å²) in [6.07, 6.45) is 4.45. The molecule has 1 aliphatic heterocycles. The number of hydrogen-bond acceptors (Lipinski definition) is 3. The van der Waals surface area contributed by atoms with E-state index in [0.717, 1.165) is 31.0 Å². The second kappa shape index (κ2) is 6.91. The fourth-order valence-corrected chi connectivity index (χ4v) is 4.41. The summed E-state index contributed by atoms with van der Waals surface area (Å²) < 4.78 is 0. The van der Waals surface area contributed by atoms with Crippen molar-refractivity contribution < 1.29 is 0 Å². The number of thiazole rings is 1. The lowest BCUT2D eigenvalue weighted by atomic mass is 9.95. The molecular formula is C17H21ClN2S. The van der Waals surface area contributed by atoms with Crippen LogP contribution in [0.3, 0.4) is 0 Å². The van der Waals surface area contributed by atoms with Gasteiger partial charge in [-0.25, -0.2) is 4.98 Å². The normalized spacial score (nSPS) is 16.3. The Hall–Kier alpha value is -0.900. The molecule has 2 aromatic rings. The first-order valence-electron chi connectivity index (χ1n) is 7.70. The molecule has 1 aromatic carbocycles. The average Bonchev–Trinajstić information content (AvgIpc) is 2.93. The van der Waals surface area contributed by atoms with Crippen molar-refractivity contribution in [2.24, 2.45) is 0 Å². The fraction of sp³-hybridized carbons (Fsp3) is 0.471. The zero-order valence-electron chi connectivity index (χ0n) is 12.4. The van der Waals surface area contributed by atoms with Crippen LogP contribution in [0, 0.1) is 0 Å². The summed E-state index contributed by atoms with van der Waals surface area (Å²) >= 11 is 7.87. The Morgan fingerprint density at radius 2 is 1.95 bits per heavy atom. The minimum Gasteiger partial charge on any atom is -0.317 e. The number of hydrogen-bond donors (Lipinski definition) is 1. The second-order valence-electron chi connectivity index (χ2n) is 5.60. The van der Waals surface area contributed by atoms with Crippen LogP contribution in [0.4, 0.5) is 0 Å². The monoisotopic (exact) mass is 320 g/mol. The summed E-state index contributed by atoms with van der Waals surface area (Å²) in [4.78, 5) is 6.42. The van der Waals surface area contributed by atoms with E-state index in [0.29, 0.717) is 5.92 Å². The van der Waals surface area contributed by atoms with Gasteiger partial charge in [-0.15, -0.1) is 11.3 Å². The molecule has 1 aromatic heterocycles. The first-order valence-corrected chi connectivity index (χ1v) is 8.89. The molecule has 2 heterocycles. The minimum atomic E-state index is 0.706. The van der Waals surface area contributed by atoms with Crippen LogP contribution in [0.2, 0.25) is 5.02 Å². The molecule has 21 heavy (non-hydrogen) atoms. The molecule has 1 saturated heterocycles. The van der Waals surface area contributed by atoms with Gasteiger partial charge in [0.05, 0.1) is 10.7 Å². The molecule has 112 valence electrons. The summed E-state index contributed by atoms with van der Waals surface area (Å²) in [6, 6.07) is 8.11. The van der Waals surface area contributed by atoms with Gasteiger partial charge < -0.3 is 5.32 Å². The van der Waals surface area contributed by atoms with Crippen LogP contribution in [0.25, 0.3) is 0 Å². The minimum absolute atomic E-state index is 0.706. The number of nitrogens with zero attached hydrogens (tertiary/aromatic N) is 1. The van der Waals surface area contributed by atoms with Crippen LogP contribution in [-0.2, 0) is 12.8 Å². The number of benzene rings is 1. The van der Waals surface area contributed by atoms with E-state index in [2.05, 4.69) is 24.4 Å². The number of halogens is 1. The fourth-order valence-electron chi connectivity index (χ4n) is 2.92. The maximum atomic E-state index is 5.95. The Labute approximate surface area is 135 Å². The molecule has 0 amide bonds. The zero-order valence-corrected chi connectivity index (χ0v) is 13.9. The Kier molecular flexibility index (Phi) is 4.94. The lowest BCUT2D eigenvalue weighted by molar-refractivity contribution is 0.463. The van der Waals surface area contributed by atoms with Crippen molar-refractivity contribution in [1.29, 1.82) is 0 Å². The molecule has 2 nitrogen and oxygen atoms in total. The second-order valence-corrected chi connectivity index (χ2v) is 7.15. The smallest absolute Gasteiger partial charge is 0.0975 e. The number of piperidine rings is 1. The van der Waals surface area contributed by atoms with Gasteiger partial charge in [-0.05, 0) is 56.0 Å². The van der Waals surface area contributed by atoms with Gasteiger partial charge in [-0.3, -0.25) is 0 Å². The maximum Gasteiger partial charge on any atom is 0.0975 e. The number of aromatic nitrogens is 1. The van der Waals surface area contributed by atoms with E-state index in [4.69, 9.17) is 16.6 Å². The van der Waals surface area contributed by atoms with Crippen LogP contribution in [0.5, 0.6) is 0 Å². The standard InChI is InChI=1S/C17H21ClN2S/c1-2-15-17(13-7-9-19-10-8-13)21-16(20-15)11-12-3-5-14(18)6-4-12/h3-6,13,19H,2,7-11H2,1H3. The van der Waals surface area contributed by atoms with E-state index in [1.54, 1.807) is 0 Å². The summed E-state index contributed by atoms with van der Waals surface area (Å²) in [5, 5.41) is 5.48. The molecule has 0 aliphatic carbocycles. The molecule has 0 radical (unpaired) electrons. The van der Waals surface area contributed by atoms with E-state index in [-0.39, 0.29) is 0 Å². The Bertz CT molecular complexity index is 585. The van der Waals surface area contributed by atoms with Gasteiger partial charge in [0.25, 0.3) is 0 Å². The molecule has 1 N–H and O–H groups in total. The Morgan fingerprint density at radius 3 is 2.62 bits per heavy atom. The highest BCUT2D eigenvalue weighted by Crippen LogP contribution is 2.34. The molecule has 3 rings (SSSR count). The van der Waals surface area contributed by atoms with Crippen LogP contribution < -0.4 is 5.32 Å². The van der Waals surface area contributed by atoms with E-state index < -0.39 is 0 Å². The summed E-state index contributed by atoms with van der Waals surface area (Å²) in [5.74, 6) is 0.706. The summed E-state index contributed by atoms with van der Waals surface area (Å²) in [5.41, 5.74) is 2.60. The van der Waals surface area contributed by atoms with Crippen molar-refractivity contribution in [2.45, 2.75) is 38.5 Å². The molecule has 0 spiro atoms. The van der Waals surface area contributed by atoms with E-state index in [1.807, 2.05) is 23.5 Å². The van der Waals surface area contributed by atoms with Gasteiger partial charge in [0, 0.05) is 16.3 Å². The Morgan fingerprint density at radius 1 is 1.24 bits per heavy atom. The van der Waals surface area contributed by atoms with Gasteiger partial charge in [0.15, 0.2) is 0 Å². The number of rotatable bonds is 4. The van der Waals surface area contributed by atoms with E-state index in [1.165, 1.54) is 34.0 Å². The van der Waals surface area contributed by atoms with Crippen LogP contribution in [-0.4, -0.2) is 18.1 Å². The van der Waals surface area contributed by atoms with Gasteiger partial charge in [0.1, 0.15) is 0 Å². The molecule has 0 atom stereocenters. The Balaban J connectivity index is 1.79. The third kappa shape index (κ3) is 3.65. The highest BCUT2D eigenvalue weighted by Gasteiger charge is 2.21. The number of aryl methyl sites for hydroxylation is 1. The summed E-state index contributed by atoms with van der Waals surface area (Å²) in [6.45, 7) is 4.49. The third-order valence-electron chi connectivity index (χ3n) is 4.09. The van der Waals surface area contributed by atoms with Gasteiger partial charge in [-0.1, -0.05) is 30.7 Å². The van der Waals surface area contributed by atoms with Gasteiger partial charge in [-0.2, -0.15) is 0 Å². The molecular weight excluding hydrogens is 300 g/mol. The largest absolute Gasteiger partial charge is 0.317 e. The topological polar surface area (TPSA) is 24.9 Å². The predicted octanol–water partition coefficient (Wildman–Crippen LogP) is 4.42. The molecule has 0 bridgehead atoms. The maximum absolute atomic E-state index is 5.95. The molecule has 0 saturated carbocycles. The molecule has 1 fully saturated rings. The highest BCUT2D eigenvalue weighted by molar-refractivity contribution is 7.11. The SMILES string of the molecule is CCc1nc(Cc2ccc(Cl)cc2)sc1C1CCNCC1. The van der Waals surface area contributed by atoms with Crippen molar-refractivity contribution in [3.63, 3.8) is 0 Å². The third-order valence-corrected chi connectivity index (χ3v) is 5.60. The average molecular weight is 321 g/mol. The van der Waals surface area contributed by atoms with Crippen LogP contribution in [0.1, 0.15) is 46.8 Å². The van der Waals surface area contributed by atoms with Crippen molar-refractivity contribution in [3.05, 3.63) is 50.4 Å². The predicted molar refractivity (Wildman–Crippen MR) is 90.6 cm³/mol. The summed E-state index contributed by atoms with van der Waals surface area (Å²) in [7, 11) is 0. The quantitative estimate of drug-likeness (QED) is 0.902. The molecule has 0 unspecified atom stereocenters. The number of nitrogens with one attached hydrogen (secondary N) is 1. The van der Waals surface area contributed by atoms with Gasteiger partial charge in [0.2, 0.25) is 0 Å². The zero-order chi connectivity index (χ0) is 14.7. The van der Waals surface area contributed by atoms with Crippen molar-refractivity contribution in [1.82, 2.24) is 10.3 Å². The van der Waals surface area contributed by atoms with Crippen LogP contribution in [0.15, 0.2) is 24.3 Å². The first-order chi connectivity index (χ1) is 10.3. The van der Waals surface area contributed by atoms with Crippen molar-refractivity contribution in [2.75, 3.05) is 13.1 Å². The lowest BCUT2D eigenvalue weighted by Crippen LogP contribution is -2.26. The van der Waals surface area contributed by atoms with Crippen LogP contribution >= 0.6 is 22.9 Å². The van der Waals surface area contributed by atoms with E-state index in [9.17, 15) is 0 Å². The molecule has 4 heteroatoms. The lowest BCUT2D eigenvalue weighted by Gasteiger charge is -2.22.